The summed E-state index contributed by atoms with van der Waals surface area (Å²) in [6.45, 7) is 6.78. The molecule has 0 fully saturated rings. The van der Waals surface area contributed by atoms with Gasteiger partial charge in [0.1, 0.15) is 0 Å². The molecule has 0 spiro atoms. The average molecular weight is 298 g/mol. The Labute approximate surface area is 113 Å². The smallest absolute Gasteiger partial charge is 0.166 e. The second-order valence-corrected chi connectivity index (χ2v) is 5.67. The summed E-state index contributed by atoms with van der Waals surface area (Å²) in [6.07, 6.45) is -9.61. The Morgan fingerprint density at radius 1 is 0.700 bits per heavy atom. The lowest BCUT2D eigenvalue weighted by atomic mass is 9.74. The van der Waals surface area contributed by atoms with E-state index >= 15 is 0 Å². The normalized spacial score (nSPS) is 13.9. The van der Waals surface area contributed by atoms with Gasteiger partial charge < -0.3 is 0 Å². The van der Waals surface area contributed by atoms with Crippen LogP contribution in [0.5, 0.6) is 0 Å². The van der Waals surface area contributed by atoms with Gasteiger partial charge in [-0.1, -0.05) is 27.7 Å². The fourth-order valence-corrected chi connectivity index (χ4v) is 1.66. The van der Waals surface area contributed by atoms with Crippen molar-refractivity contribution in [2.24, 2.45) is 5.92 Å². The second-order valence-electron chi connectivity index (χ2n) is 5.67. The Morgan fingerprint density at radius 2 is 1.00 bits per heavy atom. The first-order chi connectivity index (χ1) is 8.76. The summed E-state index contributed by atoms with van der Waals surface area (Å²) in [5.74, 6) is -0.105. The van der Waals surface area contributed by atoms with Crippen LogP contribution >= 0.6 is 0 Å². The van der Waals surface area contributed by atoms with Crippen LogP contribution in [0.4, 0.5) is 26.3 Å². The molecule has 0 saturated carbocycles. The predicted octanol–water partition coefficient (Wildman–Crippen LogP) is 5.66. The topological polar surface area (TPSA) is 0 Å². The van der Waals surface area contributed by atoms with E-state index in [9.17, 15) is 26.3 Å². The second kappa shape index (κ2) is 4.97. The van der Waals surface area contributed by atoms with Crippen LogP contribution < -0.4 is 0 Å². The monoisotopic (exact) mass is 298 g/mol. The zero-order chi connectivity index (χ0) is 15.9. The summed E-state index contributed by atoms with van der Waals surface area (Å²) in [7, 11) is 0. The minimum absolute atomic E-state index is 0.0367. The molecule has 114 valence electrons. The molecule has 6 heteroatoms. The lowest BCUT2D eigenvalue weighted by molar-refractivity contribution is -0.143. The van der Waals surface area contributed by atoms with E-state index in [1.165, 1.54) is 0 Å². The van der Waals surface area contributed by atoms with Gasteiger partial charge >= 0.3 is 12.4 Å². The van der Waals surface area contributed by atoms with Crippen LogP contribution in [0.1, 0.15) is 44.4 Å². The van der Waals surface area contributed by atoms with E-state index < -0.39 is 28.9 Å². The standard InChI is InChI=1S/C14H16F6/c1-8(2)12(3,4)9-5-10(13(15,16)17)7-11(6-9)14(18,19)20/h5-8H,1-4H3. The molecule has 0 aromatic heterocycles. The molecule has 0 bridgehead atoms. The highest BCUT2D eigenvalue weighted by atomic mass is 19.4. The molecule has 0 aliphatic carbocycles. The van der Waals surface area contributed by atoms with E-state index in [1.54, 1.807) is 27.7 Å². The number of hydrogen-bond acceptors (Lipinski definition) is 0. The van der Waals surface area contributed by atoms with Gasteiger partial charge in [-0.3, -0.25) is 0 Å². The molecule has 0 radical (unpaired) electrons. The van der Waals surface area contributed by atoms with E-state index in [2.05, 4.69) is 0 Å². The van der Waals surface area contributed by atoms with Crippen LogP contribution in [0.2, 0.25) is 0 Å². The summed E-state index contributed by atoms with van der Waals surface area (Å²) >= 11 is 0. The highest BCUT2D eigenvalue weighted by Crippen LogP contribution is 2.40. The SMILES string of the molecule is CC(C)C(C)(C)c1cc(C(F)(F)F)cc(C(F)(F)F)c1. The van der Waals surface area contributed by atoms with Crippen molar-refractivity contribution in [2.75, 3.05) is 0 Å². The first-order valence-electron chi connectivity index (χ1n) is 6.06. The van der Waals surface area contributed by atoms with Gasteiger partial charge in [-0.05, 0) is 35.1 Å². The Morgan fingerprint density at radius 3 is 1.25 bits per heavy atom. The van der Waals surface area contributed by atoms with Crippen LogP contribution in [0, 0.1) is 5.92 Å². The van der Waals surface area contributed by atoms with Crippen LogP contribution in [-0.4, -0.2) is 0 Å². The van der Waals surface area contributed by atoms with Crippen molar-refractivity contribution >= 4 is 0 Å². The van der Waals surface area contributed by atoms with E-state index in [4.69, 9.17) is 0 Å². The van der Waals surface area contributed by atoms with Crippen LogP contribution in [0.15, 0.2) is 18.2 Å². The Bertz CT molecular complexity index is 447. The molecule has 0 N–H and O–H groups in total. The third-order valence-electron chi connectivity index (χ3n) is 3.78. The van der Waals surface area contributed by atoms with E-state index in [0.29, 0.717) is 0 Å². The zero-order valence-electron chi connectivity index (χ0n) is 11.6. The van der Waals surface area contributed by atoms with Crippen LogP contribution in [-0.2, 0) is 17.8 Å². The van der Waals surface area contributed by atoms with Crippen LogP contribution in [0.25, 0.3) is 0 Å². The van der Waals surface area contributed by atoms with Crippen molar-refractivity contribution in [3.63, 3.8) is 0 Å². The molecule has 0 amide bonds. The van der Waals surface area contributed by atoms with Gasteiger partial charge in [0.05, 0.1) is 11.1 Å². The largest absolute Gasteiger partial charge is 0.416 e. The maximum atomic E-state index is 12.8. The first kappa shape index (κ1) is 16.9. The van der Waals surface area contributed by atoms with Gasteiger partial charge in [0.2, 0.25) is 0 Å². The first-order valence-corrected chi connectivity index (χ1v) is 6.06. The van der Waals surface area contributed by atoms with Gasteiger partial charge in [-0.25, -0.2) is 0 Å². The molecule has 0 heterocycles. The van der Waals surface area contributed by atoms with Crippen molar-refractivity contribution in [3.05, 3.63) is 34.9 Å². The van der Waals surface area contributed by atoms with Crippen molar-refractivity contribution in [2.45, 2.75) is 45.5 Å². The van der Waals surface area contributed by atoms with Crippen molar-refractivity contribution in [3.8, 4) is 0 Å². The summed E-state index contributed by atoms with van der Waals surface area (Å²) < 4.78 is 76.5. The Balaban J connectivity index is 3.55. The highest BCUT2D eigenvalue weighted by molar-refractivity contribution is 5.37. The molecule has 0 saturated heterocycles. The summed E-state index contributed by atoms with van der Waals surface area (Å²) in [6, 6.07) is 1.75. The fourth-order valence-electron chi connectivity index (χ4n) is 1.66. The van der Waals surface area contributed by atoms with Crippen molar-refractivity contribution in [1.29, 1.82) is 0 Å². The lowest BCUT2D eigenvalue weighted by Gasteiger charge is -2.31. The van der Waals surface area contributed by atoms with Gasteiger partial charge in [0.15, 0.2) is 0 Å². The minimum Gasteiger partial charge on any atom is -0.166 e. The van der Waals surface area contributed by atoms with Gasteiger partial charge in [0, 0.05) is 0 Å². The third kappa shape index (κ3) is 3.46. The molecule has 0 aliphatic heterocycles. The summed E-state index contributed by atoms with van der Waals surface area (Å²) in [4.78, 5) is 0. The van der Waals surface area contributed by atoms with Gasteiger partial charge in [-0.15, -0.1) is 0 Å². The molecular formula is C14H16F6. The number of hydrogen-bond donors (Lipinski definition) is 0. The average Bonchev–Trinajstić information content (AvgIpc) is 2.25. The van der Waals surface area contributed by atoms with Gasteiger partial charge in [-0.2, -0.15) is 26.3 Å². The minimum atomic E-state index is -4.80. The Hall–Kier alpha value is -1.20. The quantitative estimate of drug-likeness (QED) is 0.618. The van der Waals surface area contributed by atoms with Crippen LogP contribution in [0.3, 0.4) is 0 Å². The summed E-state index contributed by atoms with van der Waals surface area (Å²) in [5, 5.41) is 0. The molecule has 1 rings (SSSR count). The van der Waals surface area contributed by atoms with Gasteiger partial charge in [0.25, 0.3) is 0 Å². The molecule has 1 aromatic carbocycles. The van der Waals surface area contributed by atoms with E-state index in [0.717, 1.165) is 12.1 Å². The highest BCUT2D eigenvalue weighted by Gasteiger charge is 2.38. The molecule has 1 aromatic rings. The number of halogens is 6. The fraction of sp³-hybridized carbons (Fsp3) is 0.571. The number of rotatable bonds is 2. The maximum Gasteiger partial charge on any atom is 0.416 e. The molecule has 0 unspecified atom stereocenters. The van der Waals surface area contributed by atoms with E-state index in [-0.39, 0.29) is 17.5 Å². The molecular weight excluding hydrogens is 282 g/mol. The Kier molecular flexibility index (Phi) is 4.19. The summed E-state index contributed by atoms with van der Waals surface area (Å²) in [5.41, 5.74) is -3.29. The third-order valence-corrected chi connectivity index (χ3v) is 3.78. The van der Waals surface area contributed by atoms with Crippen molar-refractivity contribution < 1.29 is 26.3 Å². The number of alkyl halides is 6. The zero-order valence-corrected chi connectivity index (χ0v) is 11.6. The maximum absolute atomic E-state index is 12.8. The lowest BCUT2D eigenvalue weighted by Crippen LogP contribution is -2.26. The molecule has 20 heavy (non-hydrogen) atoms. The molecule has 0 atom stereocenters. The molecule has 0 nitrogen and oxygen atoms in total. The van der Waals surface area contributed by atoms with Crippen molar-refractivity contribution in [1.82, 2.24) is 0 Å². The number of benzene rings is 1. The predicted molar refractivity (Wildman–Crippen MR) is 64.3 cm³/mol. The van der Waals surface area contributed by atoms with E-state index in [1.807, 2.05) is 0 Å². The molecule has 0 aliphatic rings.